The highest BCUT2D eigenvalue weighted by Gasteiger charge is 2.48. The van der Waals surface area contributed by atoms with Gasteiger partial charge in [0.05, 0.1) is 28.8 Å². The molecule has 6 nitrogen and oxygen atoms in total. The summed E-state index contributed by atoms with van der Waals surface area (Å²) in [5, 5.41) is 31.4. The fourth-order valence-corrected chi connectivity index (χ4v) is 6.05. The molecule has 4 unspecified atom stereocenters. The van der Waals surface area contributed by atoms with Crippen molar-refractivity contribution in [3.63, 3.8) is 0 Å². The summed E-state index contributed by atoms with van der Waals surface area (Å²) in [5.74, 6) is 0.789. The minimum Gasteiger partial charge on any atom is -0.379 e. The fraction of sp³-hybridized carbons (Fsp3) is 0.364. The molecular weight excluding hydrogens is 541 g/mol. The lowest BCUT2D eigenvalue weighted by Crippen LogP contribution is -2.52. The molecule has 3 aromatic carbocycles. The predicted octanol–water partition coefficient (Wildman–Crippen LogP) is 6.01. The maximum atomic E-state index is 13.3. The average Bonchev–Trinajstić information content (AvgIpc) is 3.75. The molecule has 1 saturated carbocycles. The molecule has 3 aromatic rings. The molecule has 1 aliphatic carbocycles. The fourth-order valence-electron chi connectivity index (χ4n) is 6.05. The first kappa shape index (κ1) is 29.3. The van der Waals surface area contributed by atoms with E-state index in [9.17, 15) is 23.1 Å². The number of rotatable bonds is 8. The van der Waals surface area contributed by atoms with Crippen LogP contribution in [0.15, 0.2) is 66.7 Å². The molecule has 2 fully saturated rings. The van der Waals surface area contributed by atoms with Crippen LogP contribution in [-0.4, -0.2) is 41.1 Å². The van der Waals surface area contributed by atoms with Gasteiger partial charge >= 0.3 is 6.18 Å². The number of hydrogen-bond donors (Lipinski definition) is 2. The lowest BCUT2D eigenvalue weighted by molar-refractivity contribution is -0.138. The van der Waals surface area contributed by atoms with Crippen LogP contribution in [0, 0.1) is 40.4 Å². The van der Waals surface area contributed by atoms with Crippen molar-refractivity contribution in [1.29, 1.82) is 10.5 Å². The second-order valence-electron chi connectivity index (χ2n) is 11.6. The smallest absolute Gasteiger partial charge is 0.379 e. The van der Waals surface area contributed by atoms with Gasteiger partial charge in [-0.05, 0) is 91.0 Å². The zero-order chi connectivity index (χ0) is 30.1. The van der Waals surface area contributed by atoms with Crippen molar-refractivity contribution >= 4 is 11.6 Å². The number of nitriles is 2. The second-order valence-corrected chi connectivity index (χ2v) is 11.6. The number of aryl methyl sites for hydroxylation is 1. The molecule has 9 heteroatoms. The molecule has 0 aromatic heterocycles. The number of aliphatic hydroxyl groups is 1. The van der Waals surface area contributed by atoms with Crippen LogP contribution >= 0.6 is 0 Å². The number of fused-ring (bicyclic) bond motifs is 1. The molecule has 2 aliphatic rings. The van der Waals surface area contributed by atoms with Gasteiger partial charge in [0.15, 0.2) is 5.60 Å². The van der Waals surface area contributed by atoms with E-state index in [-0.39, 0.29) is 12.2 Å². The summed E-state index contributed by atoms with van der Waals surface area (Å²) >= 11 is 0. The van der Waals surface area contributed by atoms with Crippen LogP contribution < -0.4 is 5.32 Å². The number of amides is 1. The van der Waals surface area contributed by atoms with Crippen LogP contribution in [0.25, 0.3) is 11.1 Å². The Bertz CT molecular complexity index is 1540. The Hall–Kier alpha value is -4.18. The van der Waals surface area contributed by atoms with Crippen LogP contribution in [0.2, 0.25) is 0 Å². The van der Waals surface area contributed by atoms with Gasteiger partial charge in [-0.1, -0.05) is 36.4 Å². The summed E-state index contributed by atoms with van der Waals surface area (Å²) in [7, 11) is 0. The predicted molar refractivity (Wildman–Crippen MR) is 152 cm³/mol. The maximum absolute atomic E-state index is 13.3. The molecule has 1 aliphatic heterocycles. The van der Waals surface area contributed by atoms with Gasteiger partial charge in [-0.15, -0.1) is 0 Å². The number of anilines is 1. The van der Waals surface area contributed by atoms with E-state index in [0.29, 0.717) is 23.3 Å². The zero-order valence-corrected chi connectivity index (χ0v) is 23.2. The lowest BCUT2D eigenvalue weighted by atomic mass is 9.89. The molecule has 1 saturated heterocycles. The van der Waals surface area contributed by atoms with Gasteiger partial charge in [-0.3, -0.25) is 9.69 Å². The Morgan fingerprint density at radius 2 is 1.67 bits per heavy atom. The summed E-state index contributed by atoms with van der Waals surface area (Å²) in [6, 6.07) is 22.5. The van der Waals surface area contributed by atoms with Crippen molar-refractivity contribution in [3.8, 4) is 23.3 Å². The van der Waals surface area contributed by atoms with Gasteiger partial charge in [0.2, 0.25) is 0 Å². The standard InChI is InChI=1S/C33H31F3N4O2/c1-32(42,31(41)39-28-13-12-25(17-38)30(15-28)33(34,35)36)20-40-18-26(29-14-27(29)19-40)11-4-21-2-7-23(8-3-21)24-9-5-22(16-37)6-10-24/h2-3,5-10,12-13,15,26-27,29,42H,4,11,14,18-20H2,1H3,(H,39,41). The Morgan fingerprint density at radius 1 is 1.00 bits per heavy atom. The third-order valence-corrected chi connectivity index (χ3v) is 8.40. The highest BCUT2D eigenvalue weighted by atomic mass is 19.4. The molecule has 1 amide bonds. The quantitative estimate of drug-likeness (QED) is 0.345. The number of halogens is 3. The number of likely N-dealkylation sites (tertiary alicyclic amines) is 1. The van der Waals surface area contributed by atoms with Crippen molar-refractivity contribution in [2.45, 2.75) is 38.0 Å². The maximum Gasteiger partial charge on any atom is 0.417 e. The molecule has 4 atom stereocenters. The molecule has 2 N–H and O–H groups in total. The first-order chi connectivity index (χ1) is 20.0. The summed E-state index contributed by atoms with van der Waals surface area (Å²) in [5.41, 5.74) is 0.385. The van der Waals surface area contributed by atoms with Crippen molar-refractivity contribution in [2.75, 3.05) is 25.0 Å². The molecule has 42 heavy (non-hydrogen) atoms. The Labute approximate surface area is 243 Å². The lowest BCUT2D eigenvalue weighted by Gasteiger charge is -2.36. The van der Waals surface area contributed by atoms with Gasteiger partial charge in [-0.2, -0.15) is 23.7 Å². The largest absolute Gasteiger partial charge is 0.417 e. The Morgan fingerprint density at radius 3 is 2.29 bits per heavy atom. The van der Waals surface area contributed by atoms with Gasteiger partial charge < -0.3 is 10.4 Å². The van der Waals surface area contributed by atoms with E-state index >= 15 is 0 Å². The first-order valence-electron chi connectivity index (χ1n) is 13.9. The van der Waals surface area contributed by atoms with Crippen LogP contribution in [0.4, 0.5) is 18.9 Å². The SMILES string of the molecule is CC(O)(CN1CC(CCc2ccc(-c3ccc(C#N)cc3)cc2)C2CC2C1)C(=O)Nc1ccc(C#N)c(C(F)(F)F)c1. The summed E-state index contributed by atoms with van der Waals surface area (Å²) < 4.78 is 40.0. The molecule has 216 valence electrons. The van der Waals surface area contributed by atoms with E-state index in [4.69, 9.17) is 10.5 Å². The van der Waals surface area contributed by atoms with Gasteiger partial charge in [0.1, 0.15) is 0 Å². The molecule has 0 radical (unpaired) electrons. The second kappa shape index (κ2) is 11.6. The molecular formula is C33H31F3N4O2. The van der Waals surface area contributed by atoms with Crippen LogP contribution in [-0.2, 0) is 17.4 Å². The average molecular weight is 573 g/mol. The van der Waals surface area contributed by atoms with Crippen LogP contribution in [0.5, 0.6) is 0 Å². The molecule has 0 bridgehead atoms. The van der Waals surface area contributed by atoms with E-state index in [1.807, 2.05) is 24.3 Å². The number of piperidine rings is 1. The normalized spacial score (nSPS) is 21.4. The number of nitrogens with zero attached hydrogens (tertiary/aromatic N) is 3. The number of alkyl halides is 3. The van der Waals surface area contributed by atoms with Crippen molar-refractivity contribution in [1.82, 2.24) is 4.90 Å². The highest BCUT2D eigenvalue weighted by molar-refractivity contribution is 5.97. The number of carbonyl (C=O) groups excluding carboxylic acids is 1. The van der Waals surface area contributed by atoms with Crippen LogP contribution in [0.3, 0.4) is 0 Å². The molecule has 5 rings (SSSR count). The van der Waals surface area contributed by atoms with Gasteiger partial charge in [0, 0.05) is 25.3 Å². The number of β-amino-alcohol motifs (C(OH)–C–C–N with tert-alkyl or cyclic N) is 1. The van der Waals surface area contributed by atoms with E-state index in [1.54, 1.807) is 0 Å². The Balaban J connectivity index is 1.17. The van der Waals surface area contributed by atoms with E-state index in [2.05, 4.69) is 40.6 Å². The van der Waals surface area contributed by atoms with Gasteiger partial charge in [-0.25, -0.2) is 0 Å². The number of nitrogens with one attached hydrogen (secondary N) is 1. The van der Waals surface area contributed by atoms with E-state index in [1.165, 1.54) is 24.6 Å². The summed E-state index contributed by atoms with van der Waals surface area (Å²) in [4.78, 5) is 15.0. The number of carbonyl (C=O) groups is 1. The molecule has 1 heterocycles. The monoisotopic (exact) mass is 572 g/mol. The van der Waals surface area contributed by atoms with E-state index < -0.39 is 28.8 Å². The third kappa shape index (κ3) is 6.65. The summed E-state index contributed by atoms with van der Waals surface area (Å²) in [6.07, 6.45) is -1.73. The number of hydrogen-bond acceptors (Lipinski definition) is 5. The number of benzene rings is 3. The third-order valence-electron chi connectivity index (χ3n) is 8.40. The highest BCUT2D eigenvalue weighted by Crippen LogP contribution is 2.50. The van der Waals surface area contributed by atoms with Crippen LogP contribution in [0.1, 0.15) is 42.0 Å². The van der Waals surface area contributed by atoms with Crippen molar-refractivity contribution < 1.29 is 23.1 Å². The minimum atomic E-state index is -4.75. The van der Waals surface area contributed by atoms with Crippen molar-refractivity contribution in [2.24, 2.45) is 17.8 Å². The molecule has 0 spiro atoms. The zero-order valence-electron chi connectivity index (χ0n) is 23.2. The first-order valence-corrected chi connectivity index (χ1v) is 13.9. The minimum absolute atomic E-state index is 0.0697. The summed E-state index contributed by atoms with van der Waals surface area (Å²) in [6.45, 7) is 2.96. The Kier molecular flexibility index (Phi) is 8.10. The van der Waals surface area contributed by atoms with E-state index in [0.717, 1.165) is 55.6 Å². The topological polar surface area (TPSA) is 100 Å². The van der Waals surface area contributed by atoms with Gasteiger partial charge in [0.25, 0.3) is 5.91 Å². The van der Waals surface area contributed by atoms with Crippen molar-refractivity contribution in [3.05, 3.63) is 89.0 Å².